The van der Waals surface area contributed by atoms with Gasteiger partial charge in [0.05, 0.1) is 6.61 Å². The fraction of sp³-hybridized carbons (Fsp3) is 0.381. The van der Waals surface area contributed by atoms with Crippen molar-refractivity contribution in [1.82, 2.24) is 10.2 Å². The van der Waals surface area contributed by atoms with Crippen LogP contribution in [-0.4, -0.2) is 37.7 Å². The Morgan fingerprint density at radius 1 is 1.11 bits per heavy atom. The van der Waals surface area contributed by atoms with E-state index in [9.17, 15) is 9.18 Å². The zero-order chi connectivity index (χ0) is 19.6. The van der Waals surface area contributed by atoms with Crippen molar-refractivity contribution >= 4 is 6.09 Å². The van der Waals surface area contributed by atoms with Crippen LogP contribution in [0.25, 0.3) is 0 Å². The van der Waals surface area contributed by atoms with E-state index < -0.39 is 0 Å². The van der Waals surface area contributed by atoms with Gasteiger partial charge in [-0.3, -0.25) is 0 Å². The third-order valence-electron chi connectivity index (χ3n) is 4.32. The monoisotopic (exact) mass is 374 g/mol. The second kappa shape index (κ2) is 10.5. The summed E-state index contributed by atoms with van der Waals surface area (Å²) in [7, 11) is 1.87. The number of halogens is 1. The first-order valence-electron chi connectivity index (χ1n) is 9.19. The Kier molecular flexibility index (Phi) is 8.07. The van der Waals surface area contributed by atoms with Crippen LogP contribution in [0.1, 0.15) is 31.9 Å². The number of carbonyl (C=O) groups excluding carboxylic acids is 1. The first-order chi connectivity index (χ1) is 13.1. The molecule has 2 rings (SSSR count). The number of amides is 1. The van der Waals surface area contributed by atoms with Crippen LogP contribution < -0.4 is 14.8 Å². The number of ether oxygens (including phenoxy) is 2. The predicted octanol–water partition coefficient (Wildman–Crippen LogP) is 4.40. The largest absolute Gasteiger partial charge is 0.494 e. The lowest BCUT2D eigenvalue weighted by Gasteiger charge is -2.20. The van der Waals surface area contributed by atoms with Gasteiger partial charge < -0.3 is 19.7 Å². The van der Waals surface area contributed by atoms with E-state index in [0.29, 0.717) is 37.6 Å². The van der Waals surface area contributed by atoms with E-state index in [1.165, 1.54) is 12.1 Å². The molecule has 1 N–H and O–H groups in total. The summed E-state index contributed by atoms with van der Waals surface area (Å²) in [4.78, 5) is 13.7. The van der Waals surface area contributed by atoms with Crippen molar-refractivity contribution in [1.29, 1.82) is 0 Å². The zero-order valence-corrected chi connectivity index (χ0v) is 16.1. The Balaban J connectivity index is 1.95. The minimum atomic E-state index is -0.349. The molecule has 0 aliphatic rings. The van der Waals surface area contributed by atoms with Gasteiger partial charge in [-0.15, -0.1) is 0 Å². The molecule has 0 saturated carbocycles. The maximum atomic E-state index is 12.9. The maximum absolute atomic E-state index is 12.9. The summed E-state index contributed by atoms with van der Waals surface area (Å²) >= 11 is 0. The number of nitrogens with zero attached hydrogens (tertiary/aromatic N) is 1. The van der Waals surface area contributed by atoms with Gasteiger partial charge in [0.2, 0.25) is 0 Å². The molecule has 0 aliphatic carbocycles. The molecule has 2 aromatic rings. The van der Waals surface area contributed by atoms with Gasteiger partial charge >= 0.3 is 6.09 Å². The Morgan fingerprint density at radius 2 is 1.81 bits per heavy atom. The number of nitrogens with one attached hydrogen (secondary N) is 1. The number of carbonyl (C=O) groups is 1. The fourth-order valence-electron chi connectivity index (χ4n) is 2.75. The normalized spacial score (nSPS) is 11.7. The van der Waals surface area contributed by atoms with Crippen molar-refractivity contribution in [3.8, 4) is 11.5 Å². The molecule has 0 heterocycles. The van der Waals surface area contributed by atoms with E-state index in [-0.39, 0.29) is 18.0 Å². The van der Waals surface area contributed by atoms with Crippen LogP contribution in [0.3, 0.4) is 0 Å². The topological polar surface area (TPSA) is 50.8 Å². The third kappa shape index (κ3) is 6.25. The molecular formula is C21H27FN2O3. The summed E-state index contributed by atoms with van der Waals surface area (Å²) in [5.74, 6) is 0.865. The lowest BCUT2D eigenvalue weighted by molar-refractivity contribution is 0.157. The SMILES string of the molecule is CCN(CC)C(=O)Oc1cccc(C(CCOc2ccc(F)cc2)NC)c1. The van der Waals surface area contributed by atoms with E-state index in [1.807, 2.05) is 39.1 Å². The van der Waals surface area contributed by atoms with Crippen molar-refractivity contribution in [2.45, 2.75) is 26.3 Å². The molecule has 1 amide bonds. The second-order valence-electron chi connectivity index (χ2n) is 6.05. The average molecular weight is 374 g/mol. The van der Waals surface area contributed by atoms with Gasteiger partial charge in [-0.1, -0.05) is 12.1 Å². The van der Waals surface area contributed by atoms with E-state index in [1.54, 1.807) is 23.1 Å². The van der Waals surface area contributed by atoms with Gasteiger partial charge in [0.15, 0.2) is 0 Å². The minimum absolute atomic E-state index is 0.0394. The highest BCUT2D eigenvalue weighted by Gasteiger charge is 2.14. The van der Waals surface area contributed by atoms with E-state index >= 15 is 0 Å². The van der Waals surface area contributed by atoms with Crippen LogP contribution in [0.2, 0.25) is 0 Å². The second-order valence-corrected chi connectivity index (χ2v) is 6.05. The zero-order valence-electron chi connectivity index (χ0n) is 16.1. The van der Waals surface area contributed by atoms with Crippen LogP contribution in [0.5, 0.6) is 11.5 Å². The van der Waals surface area contributed by atoms with Gasteiger partial charge in [-0.2, -0.15) is 0 Å². The molecule has 6 heteroatoms. The summed E-state index contributed by atoms with van der Waals surface area (Å²) < 4.78 is 24.1. The van der Waals surface area contributed by atoms with Gasteiger partial charge in [0.25, 0.3) is 0 Å². The molecule has 146 valence electrons. The van der Waals surface area contributed by atoms with Crippen LogP contribution in [0, 0.1) is 5.82 Å². The number of benzene rings is 2. The predicted molar refractivity (Wildman–Crippen MR) is 104 cm³/mol. The minimum Gasteiger partial charge on any atom is -0.494 e. The van der Waals surface area contributed by atoms with E-state index in [0.717, 1.165) is 5.56 Å². The highest BCUT2D eigenvalue weighted by molar-refractivity contribution is 5.70. The first-order valence-corrected chi connectivity index (χ1v) is 9.19. The molecule has 0 fully saturated rings. The number of hydrogen-bond acceptors (Lipinski definition) is 4. The molecule has 0 saturated heterocycles. The maximum Gasteiger partial charge on any atom is 0.415 e. The van der Waals surface area contributed by atoms with Crippen molar-refractivity contribution in [3.05, 3.63) is 59.9 Å². The number of rotatable bonds is 9. The number of hydrogen-bond donors (Lipinski definition) is 1. The Bertz CT molecular complexity index is 718. The van der Waals surface area contributed by atoms with Crippen molar-refractivity contribution in [2.24, 2.45) is 0 Å². The lowest BCUT2D eigenvalue weighted by Crippen LogP contribution is -2.33. The Morgan fingerprint density at radius 3 is 2.44 bits per heavy atom. The average Bonchev–Trinajstić information content (AvgIpc) is 2.68. The molecule has 1 unspecified atom stereocenters. The van der Waals surface area contributed by atoms with Crippen molar-refractivity contribution < 1.29 is 18.7 Å². The van der Waals surface area contributed by atoms with Crippen LogP contribution in [-0.2, 0) is 0 Å². The van der Waals surface area contributed by atoms with Gasteiger partial charge in [-0.05, 0) is 62.9 Å². The van der Waals surface area contributed by atoms with Gasteiger partial charge in [0.1, 0.15) is 17.3 Å². The van der Waals surface area contributed by atoms with Crippen LogP contribution in [0.4, 0.5) is 9.18 Å². The Hall–Kier alpha value is -2.60. The van der Waals surface area contributed by atoms with E-state index in [2.05, 4.69) is 5.32 Å². The molecule has 1 atom stereocenters. The van der Waals surface area contributed by atoms with Gasteiger partial charge in [0, 0.05) is 25.6 Å². The highest BCUT2D eigenvalue weighted by atomic mass is 19.1. The first kappa shape index (κ1) is 20.7. The Labute approximate surface area is 160 Å². The van der Waals surface area contributed by atoms with Gasteiger partial charge in [-0.25, -0.2) is 9.18 Å². The smallest absolute Gasteiger partial charge is 0.415 e. The highest BCUT2D eigenvalue weighted by Crippen LogP contribution is 2.23. The summed E-state index contributed by atoms with van der Waals surface area (Å²) in [5.41, 5.74) is 1.00. The third-order valence-corrected chi connectivity index (χ3v) is 4.32. The molecule has 0 spiro atoms. The fourth-order valence-corrected chi connectivity index (χ4v) is 2.75. The molecule has 27 heavy (non-hydrogen) atoms. The summed E-state index contributed by atoms with van der Waals surface area (Å²) in [6, 6.07) is 13.5. The quantitative estimate of drug-likeness (QED) is 0.707. The molecule has 0 bridgehead atoms. The molecule has 0 radical (unpaired) electrons. The summed E-state index contributed by atoms with van der Waals surface area (Å²) in [6.07, 6.45) is 0.360. The molecule has 5 nitrogen and oxygen atoms in total. The molecule has 0 aliphatic heterocycles. The molecule has 0 aromatic heterocycles. The van der Waals surface area contributed by atoms with Crippen molar-refractivity contribution in [2.75, 3.05) is 26.7 Å². The molecule has 2 aromatic carbocycles. The summed E-state index contributed by atoms with van der Waals surface area (Å²) in [6.45, 7) is 5.52. The summed E-state index contributed by atoms with van der Waals surface area (Å²) in [5, 5.41) is 3.25. The van der Waals surface area contributed by atoms with Crippen LogP contribution >= 0.6 is 0 Å². The van der Waals surface area contributed by atoms with Crippen LogP contribution in [0.15, 0.2) is 48.5 Å². The van der Waals surface area contributed by atoms with Crippen molar-refractivity contribution in [3.63, 3.8) is 0 Å². The lowest BCUT2D eigenvalue weighted by atomic mass is 10.0. The molecular weight excluding hydrogens is 347 g/mol. The standard InChI is InChI=1S/C21H27FN2O3/c1-4-24(5-2)21(25)27-19-8-6-7-16(15-19)20(23-3)13-14-26-18-11-9-17(22)10-12-18/h6-12,15,20,23H,4-5,13-14H2,1-3H3. The van der Waals surface area contributed by atoms with E-state index in [4.69, 9.17) is 9.47 Å².